The molecule has 0 radical (unpaired) electrons. The van der Waals surface area contributed by atoms with Crippen molar-refractivity contribution in [1.29, 1.82) is 0 Å². The van der Waals surface area contributed by atoms with Crippen LogP contribution in [0.2, 0.25) is 0 Å². The number of benzene rings is 1. The lowest BCUT2D eigenvalue weighted by Gasteiger charge is -2.23. The van der Waals surface area contributed by atoms with Crippen molar-refractivity contribution in [3.8, 4) is 11.3 Å². The third kappa shape index (κ3) is 6.01. The van der Waals surface area contributed by atoms with E-state index < -0.39 is 24.7 Å². The quantitative estimate of drug-likeness (QED) is 0.744. The largest absolute Gasteiger partial charge is 0.405 e. The molecule has 156 valence electrons. The molecule has 2 amide bonds. The minimum atomic E-state index is -4.46. The molecule has 1 unspecified atom stereocenters. The van der Waals surface area contributed by atoms with Crippen LogP contribution < -0.4 is 10.6 Å². The average Bonchev–Trinajstić information content (AvgIpc) is 3.29. The van der Waals surface area contributed by atoms with Crippen LogP contribution in [0.25, 0.3) is 11.3 Å². The first-order valence-electron chi connectivity index (χ1n) is 9.12. The number of carbonyl (C=O) groups excluding carboxylic acids is 2. The Morgan fingerprint density at radius 1 is 1.28 bits per heavy atom. The second kappa shape index (κ2) is 8.91. The van der Waals surface area contributed by atoms with E-state index in [0.717, 1.165) is 16.8 Å². The standard InChI is InChI=1S/C19H21F3N4O2S/c1-12-4-6-13(7-5-12)14-10-29-18(24-14)25-16(27)9-26-8-2-3-15(26)17(28)23-11-19(20,21)22/h4-7,10,15H,2-3,8-9,11H2,1H3,(H,23,28)(H,24,25,27). The van der Waals surface area contributed by atoms with Gasteiger partial charge >= 0.3 is 6.18 Å². The Kier molecular flexibility index (Phi) is 6.53. The van der Waals surface area contributed by atoms with E-state index in [1.807, 2.05) is 41.9 Å². The number of hydrogen-bond acceptors (Lipinski definition) is 5. The molecule has 0 spiro atoms. The van der Waals surface area contributed by atoms with E-state index in [0.29, 0.717) is 24.5 Å². The number of thiazole rings is 1. The summed E-state index contributed by atoms with van der Waals surface area (Å²) in [4.78, 5) is 30.4. The van der Waals surface area contributed by atoms with Gasteiger partial charge in [0.1, 0.15) is 6.54 Å². The number of aryl methyl sites for hydroxylation is 1. The zero-order valence-corrected chi connectivity index (χ0v) is 16.6. The first-order valence-corrected chi connectivity index (χ1v) is 10.0. The van der Waals surface area contributed by atoms with Gasteiger partial charge in [0.25, 0.3) is 0 Å². The highest BCUT2D eigenvalue weighted by atomic mass is 32.1. The van der Waals surface area contributed by atoms with Gasteiger partial charge in [-0.1, -0.05) is 29.8 Å². The second-order valence-electron chi connectivity index (χ2n) is 6.91. The third-order valence-electron chi connectivity index (χ3n) is 4.57. The lowest BCUT2D eigenvalue weighted by atomic mass is 10.1. The molecule has 29 heavy (non-hydrogen) atoms. The molecule has 1 aromatic heterocycles. The molecule has 1 saturated heterocycles. The minimum absolute atomic E-state index is 0.0798. The summed E-state index contributed by atoms with van der Waals surface area (Å²) >= 11 is 1.29. The SMILES string of the molecule is Cc1ccc(-c2csc(NC(=O)CN3CCCC3C(=O)NCC(F)(F)F)n2)cc1. The molecule has 2 N–H and O–H groups in total. The maximum Gasteiger partial charge on any atom is 0.405 e. The molecule has 1 aliphatic heterocycles. The normalized spacial score (nSPS) is 17.3. The van der Waals surface area contributed by atoms with Crippen LogP contribution in [0.5, 0.6) is 0 Å². The second-order valence-corrected chi connectivity index (χ2v) is 7.77. The Morgan fingerprint density at radius 2 is 2.00 bits per heavy atom. The van der Waals surface area contributed by atoms with E-state index in [1.54, 1.807) is 4.90 Å². The van der Waals surface area contributed by atoms with E-state index >= 15 is 0 Å². The molecule has 0 bridgehead atoms. The fourth-order valence-electron chi connectivity index (χ4n) is 3.15. The van der Waals surface area contributed by atoms with Crippen LogP contribution in [0, 0.1) is 6.92 Å². The summed E-state index contributed by atoms with van der Waals surface area (Å²) < 4.78 is 36.9. The van der Waals surface area contributed by atoms with Gasteiger partial charge in [0.05, 0.1) is 18.3 Å². The van der Waals surface area contributed by atoms with Crippen molar-refractivity contribution in [1.82, 2.24) is 15.2 Å². The molecule has 1 aliphatic rings. The number of nitrogens with zero attached hydrogens (tertiary/aromatic N) is 2. The number of likely N-dealkylation sites (tertiary alicyclic amines) is 1. The van der Waals surface area contributed by atoms with Gasteiger partial charge in [-0.2, -0.15) is 13.2 Å². The van der Waals surface area contributed by atoms with Crippen molar-refractivity contribution in [2.75, 3.05) is 25.0 Å². The highest BCUT2D eigenvalue weighted by molar-refractivity contribution is 7.14. The molecule has 3 rings (SSSR count). The van der Waals surface area contributed by atoms with Crippen molar-refractivity contribution >= 4 is 28.3 Å². The Bertz CT molecular complexity index is 867. The Balaban J connectivity index is 1.55. The first-order chi connectivity index (χ1) is 13.7. The van der Waals surface area contributed by atoms with Gasteiger partial charge in [-0.05, 0) is 26.3 Å². The molecule has 0 saturated carbocycles. The molecular weight excluding hydrogens is 405 g/mol. The summed E-state index contributed by atoms with van der Waals surface area (Å²) in [6.07, 6.45) is -3.39. The van der Waals surface area contributed by atoms with Crippen LogP contribution in [0.15, 0.2) is 29.6 Å². The number of nitrogens with one attached hydrogen (secondary N) is 2. The topological polar surface area (TPSA) is 74.3 Å². The zero-order valence-electron chi connectivity index (χ0n) is 15.8. The summed E-state index contributed by atoms with van der Waals surface area (Å²) in [6.45, 7) is 1.02. The highest BCUT2D eigenvalue weighted by Crippen LogP contribution is 2.25. The van der Waals surface area contributed by atoms with Gasteiger partial charge < -0.3 is 10.6 Å². The number of carbonyl (C=O) groups is 2. The van der Waals surface area contributed by atoms with Gasteiger partial charge in [-0.3, -0.25) is 14.5 Å². The van der Waals surface area contributed by atoms with Gasteiger partial charge in [0.15, 0.2) is 5.13 Å². The van der Waals surface area contributed by atoms with Crippen LogP contribution >= 0.6 is 11.3 Å². The van der Waals surface area contributed by atoms with Crippen molar-refractivity contribution in [3.05, 3.63) is 35.2 Å². The summed E-state index contributed by atoms with van der Waals surface area (Å²) in [7, 11) is 0. The molecule has 1 fully saturated rings. The molecule has 1 aromatic carbocycles. The average molecular weight is 426 g/mol. The fraction of sp³-hybridized carbons (Fsp3) is 0.421. The molecule has 10 heteroatoms. The van der Waals surface area contributed by atoms with Crippen molar-refractivity contribution in [3.63, 3.8) is 0 Å². The molecule has 2 heterocycles. The lowest BCUT2D eigenvalue weighted by Crippen LogP contribution is -2.47. The number of alkyl halides is 3. The zero-order chi connectivity index (χ0) is 21.0. The van der Waals surface area contributed by atoms with E-state index in [9.17, 15) is 22.8 Å². The smallest absolute Gasteiger partial charge is 0.346 e. The van der Waals surface area contributed by atoms with Crippen LogP contribution in [0.4, 0.5) is 18.3 Å². The summed E-state index contributed by atoms with van der Waals surface area (Å²) in [5.74, 6) is -1.06. The highest BCUT2D eigenvalue weighted by Gasteiger charge is 2.34. The minimum Gasteiger partial charge on any atom is -0.346 e. The number of halogens is 3. The monoisotopic (exact) mass is 426 g/mol. The molecule has 1 atom stereocenters. The van der Waals surface area contributed by atoms with Crippen LogP contribution in [-0.2, 0) is 9.59 Å². The Morgan fingerprint density at radius 3 is 2.69 bits per heavy atom. The number of hydrogen-bond donors (Lipinski definition) is 2. The van der Waals surface area contributed by atoms with E-state index in [2.05, 4.69) is 10.3 Å². The van der Waals surface area contributed by atoms with E-state index in [-0.39, 0.29) is 12.5 Å². The van der Waals surface area contributed by atoms with Crippen LogP contribution in [0.3, 0.4) is 0 Å². The predicted molar refractivity (Wildman–Crippen MR) is 105 cm³/mol. The number of rotatable bonds is 6. The fourth-order valence-corrected chi connectivity index (χ4v) is 3.88. The summed E-state index contributed by atoms with van der Waals surface area (Å²) in [6, 6.07) is 7.12. The number of amides is 2. The molecular formula is C19H21F3N4O2S. The number of aromatic nitrogens is 1. The van der Waals surface area contributed by atoms with E-state index in [1.165, 1.54) is 11.3 Å². The maximum atomic E-state index is 12.3. The Labute approximate surface area is 170 Å². The molecule has 0 aliphatic carbocycles. The summed E-state index contributed by atoms with van der Waals surface area (Å²) in [5, 5.41) is 6.87. The van der Waals surface area contributed by atoms with Gasteiger partial charge in [-0.25, -0.2) is 4.98 Å². The molecule has 6 nitrogen and oxygen atoms in total. The third-order valence-corrected chi connectivity index (χ3v) is 5.33. The van der Waals surface area contributed by atoms with Gasteiger partial charge in [-0.15, -0.1) is 11.3 Å². The number of anilines is 1. The predicted octanol–water partition coefficient (Wildman–Crippen LogP) is 3.20. The first kappa shape index (κ1) is 21.3. The van der Waals surface area contributed by atoms with E-state index in [4.69, 9.17) is 0 Å². The van der Waals surface area contributed by atoms with Crippen molar-refractivity contribution in [2.24, 2.45) is 0 Å². The van der Waals surface area contributed by atoms with Gasteiger partial charge in [0.2, 0.25) is 11.8 Å². The maximum absolute atomic E-state index is 12.3. The lowest BCUT2D eigenvalue weighted by molar-refractivity contribution is -0.141. The van der Waals surface area contributed by atoms with Crippen molar-refractivity contribution < 1.29 is 22.8 Å². The molecule has 2 aromatic rings. The van der Waals surface area contributed by atoms with Crippen LogP contribution in [0.1, 0.15) is 18.4 Å². The summed E-state index contributed by atoms with van der Waals surface area (Å²) in [5.41, 5.74) is 2.82. The van der Waals surface area contributed by atoms with Crippen LogP contribution in [-0.4, -0.2) is 53.6 Å². The van der Waals surface area contributed by atoms with Crippen molar-refractivity contribution in [2.45, 2.75) is 32.0 Å². The van der Waals surface area contributed by atoms with Gasteiger partial charge in [0, 0.05) is 10.9 Å². The Hall–Kier alpha value is -2.46.